The van der Waals surface area contributed by atoms with Gasteiger partial charge in [-0.05, 0) is 44.9 Å². The SMILES string of the molecule is C=C1CC(Nc2nccc(-c3ccc(CCC(=O)CC)s3)n2)CC(C)(C)N1. The van der Waals surface area contributed by atoms with E-state index in [2.05, 4.69) is 48.2 Å². The molecule has 1 saturated heterocycles. The monoisotopic (exact) mass is 384 g/mol. The summed E-state index contributed by atoms with van der Waals surface area (Å²) >= 11 is 1.70. The van der Waals surface area contributed by atoms with Crippen molar-refractivity contribution in [1.82, 2.24) is 15.3 Å². The summed E-state index contributed by atoms with van der Waals surface area (Å²) in [5, 5.41) is 6.91. The Bertz CT molecular complexity index is 827. The molecule has 144 valence electrons. The van der Waals surface area contributed by atoms with Crippen LogP contribution >= 0.6 is 11.3 Å². The predicted octanol–water partition coefficient (Wildman–Crippen LogP) is 4.57. The average molecular weight is 385 g/mol. The normalized spacial score (nSPS) is 18.8. The van der Waals surface area contributed by atoms with E-state index in [1.54, 1.807) is 17.5 Å². The molecule has 0 radical (unpaired) electrons. The highest BCUT2D eigenvalue weighted by atomic mass is 32.1. The highest BCUT2D eigenvalue weighted by Gasteiger charge is 2.29. The second-order valence-corrected chi connectivity index (χ2v) is 8.95. The molecule has 0 amide bonds. The number of hydrogen-bond donors (Lipinski definition) is 2. The summed E-state index contributed by atoms with van der Waals surface area (Å²) in [6.07, 6.45) is 5.67. The molecule has 0 aliphatic carbocycles. The van der Waals surface area contributed by atoms with Crippen LogP contribution in [-0.2, 0) is 11.2 Å². The number of rotatable bonds is 7. The fraction of sp³-hybridized carbons (Fsp3) is 0.476. The number of anilines is 1. The van der Waals surface area contributed by atoms with Crippen molar-refractivity contribution in [3.05, 3.63) is 41.5 Å². The standard InChI is InChI=1S/C21H28N4OS/c1-5-16(26)6-7-17-8-9-19(27-17)18-10-11-22-20(24-18)23-15-12-14(2)25-21(3,4)13-15/h8-11,15,25H,2,5-7,12-13H2,1,3-4H3,(H,22,23,24). The summed E-state index contributed by atoms with van der Waals surface area (Å²) in [6.45, 7) is 10.4. The van der Waals surface area contributed by atoms with Gasteiger partial charge in [-0.25, -0.2) is 9.97 Å². The molecule has 2 aromatic heterocycles. The predicted molar refractivity (Wildman–Crippen MR) is 112 cm³/mol. The zero-order chi connectivity index (χ0) is 19.4. The summed E-state index contributed by atoms with van der Waals surface area (Å²) in [5.74, 6) is 0.962. The first-order valence-electron chi connectivity index (χ1n) is 9.51. The molecule has 1 fully saturated rings. The summed E-state index contributed by atoms with van der Waals surface area (Å²) in [5.41, 5.74) is 1.98. The molecule has 3 rings (SSSR count). The van der Waals surface area contributed by atoms with Gasteiger partial charge in [-0.15, -0.1) is 11.3 Å². The van der Waals surface area contributed by atoms with Crippen molar-refractivity contribution >= 4 is 23.1 Å². The fourth-order valence-corrected chi connectivity index (χ4v) is 4.48. The van der Waals surface area contributed by atoms with E-state index in [1.807, 2.05) is 13.0 Å². The molecule has 0 bridgehead atoms. The van der Waals surface area contributed by atoms with Crippen LogP contribution in [0.1, 0.15) is 51.3 Å². The number of thiophene rings is 1. The maximum atomic E-state index is 11.5. The van der Waals surface area contributed by atoms with Gasteiger partial charge < -0.3 is 10.6 Å². The molecule has 0 spiro atoms. The zero-order valence-corrected chi connectivity index (χ0v) is 17.2. The van der Waals surface area contributed by atoms with Crippen molar-refractivity contribution in [3.63, 3.8) is 0 Å². The first-order valence-corrected chi connectivity index (χ1v) is 10.3. The Morgan fingerprint density at radius 1 is 1.41 bits per heavy atom. The quantitative estimate of drug-likeness (QED) is 0.732. The lowest BCUT2D eigenvalue weighted by Gasteiger charge is -2.38. The molecule has 27 heavy (non-hydrogen) atoms. The molecule has 0 saturated carbocycles. The van der Waals surface area contributed by atoms with Gasteiger partial charge in [-0.3, -0.25) is 4.79 Å². The highest BCUT2D eigenvalue weighted by Crippen LogP contribution is 2.29. The van der Waals surface area contributed by atoms with Gasteiger partial charge in [0.1, 0.15) is 5.78 Å². The number of nitrogens with zero attached hydrogens (tertiary/aromatic N) is 2. The van der Waals surface area contributed by atoms with E-state index < -0.39 is 0 Å². The number of piperidine rings is 1. The minimum atomic E-state index is 0.0171. The molecular formula is C21H28N4OS. The third-order valence-corrected chi connectivity index (χ3v) is 5.88. The van der Waals surface area contributed by atoms with E-state index in [0.29, 0.717) is 24.6 Å². The number of hydrogen-bond acceptors (Lipinski definition) is 6. The molecule has 1 aliphatic rings. The van der Waals surface area contributed by atoms with Gasteiger partial charge in [-0.1, -0.05) is 13.5 Å². The summed E-state index contributed by atoms with van der Waals surface area (Å²) in [7, 11) is 0. The maximum Gasteiger partial charge on any atom is 0.223 e. The van der Waals surface area contributed by atoms with Crippen LogP contribution in [-0.4, -0.2) is 27.3 Å². The van der Waals surface area contributed by atoms with Gasteiger partial charge in [0.25, 0.3) is 0 Å². The summed E-state index contributed by atoms with van der Waals surface area (Å²) < 4.78 is 0. The molecule has 5 nitrogen and oxygen atoms in total. The van der Waals surface area contributed by atoms with Crippen LogP contribution in [0.5, 0.6) is 0 Å². The van der Waals surface area contributed by atoms with Crippen molar-refractivity contribution in [2.24, 2.45) is 0 Å². The Labute approximate surface area is 165 Å². The van der Waals surface area contributed by atoms with Gasteiger partial charge in [-0.2, -0.15) is 0 Å². The second-order valence-electron chi connectivity index (χ2n) is 7.79. The third kappa shape index (κ3) is 5.39. The molecule has 2 aromatic rings. The number of aryl methyl sites for hydroxylation is 1. The number of aromatic nitrogens is 2. The molecule has 2 N–H and O–H groups in total. The lowest BCUT2D eigenvalue weighted by atomic mass is 9.88. The summed E-state index contributed by atoms with van der Waals surface area (Å²) in [6, 6.07) is 6.38. The maximum absolute atomic E-state index is 11.5. The lowest BCUT2D eigenvalue weighted by Crippen LogP contribution is -2.48. The minimum absolute atomic E-state index is 0.0171. The number of carbonyl (C=O) groups excluding carboxylic acids is 1. The summed E-state index contributed by atoms with van der Waals surface area (Å²) in [4.78, 5) is 23.0. The molecular weight excluding hydrogens is 356 g/mol. The molecule has 1 unspecified atom stereocenters. The van der Waals surface area contributed by atoms with Crippen molar-refractivity contribution in [3.8, 4) is 10.6 Å². The average Bonchev–Trinajstić information content (AvgIpc) is 3.07. The van der Waals surface area contributed by atoms with Crippen LogP contribution in [0.25, 0.3) is 10.6 Å². The van der Waals surface area contributed by atoms with E-state index in [1.165, 1.54) is 4.88 Å². The fourth-order valence-electron chi connectivity index (χ4n) is 3.51. The first kappa shape index (κ1) is 19.5. The number of carbonyl (C=O) groups is 1. The Morgan fingerprint density at radius 2 is 2.22 bits per heavy atom. The molecule has 6 heteroatoms. The third-order valence-electron chi connectivity index (χ3n) is 4.71. The van der Waals surface area contributed by atoms with Crippen LogP contribution in [0.2, 0.25) is 0 Å². The smallest absolute Gasteiger partial charge is 0.223 e. The van der Waals surface area contributed by atoms with Crippen LogP contribution in [0.3, 0.4) is 0 Å². The number of ketones is 1. The Kier molecular flexibility index (Phi) is 5.95. The van der Waals surface area contributed by atoms with Gasteiger partial charge in [0, 0.05) is 47.6 Å². The van der Waals surface area contributed by atoms with Gasteiger partial charge in [0.05, 0.1) is 10.6 Å². The van der Waals surface area contributed by atoms with E-state index >= 15 is 0 Å². The molecule has 1 aliphatic heterocycles. The van der Waals surface area contributed by atoms with E-state index in [-0.39, 0.29) is 11.6 Å². The Balaban J connectivity index is 1.68. The number of Topliss-reactive ketones (excluding diaryl/α,β-unsaturated/α-hetero) is 1. The van der Waals surface area contributed by atoms with Gasteiger partial charge >= 0.3 is 0 Å². The highest BCUT2D eigenvalue weighted by molar-refractivity contribution is 7.15. The van der Waals surface area contributed by atoms with Crippen LogP contribution < -0.4 is 10.6 Å². The molecule has 1 atom stereocenters. The van der Waals surface area contributed by atoms with Crippen LogP contribution in [0, 0.1) is 0 Å². The van der Waals surface area contributed by atoms with Crippen molar-refractivity contribution < 1.29 is 4.79 Å². The Morgan fingerprint density at radius 3 is 2.96 bits per heavy atom. The van der Waals surface area contributed by atoms with E-state index in [0.717, 1.165) is 35.5 Å². The van der Waals surface area contributed by atoms with Crippen molar-refractivity contribution in [1.29, 1.82) is 0 Å². The van der Waals surface area contributed by atoms with Gasteiger partial charge in [0.2, 0.25) is 5.95 Å². The number of nitrogens with one attached hydrogen (secondary N) is 2. The van der Waals surface area contributed by atoms with Crippen LogP contribution in [0.4, 0.5) is 5.95 Å². The molecule has 0 aromatic carbocycles. The minimum Gasteiger partial charge on any atom is -0.384 e. The first-order chi connectivity index (χ1) is 12.8. The lowest BCUT2D eigenvalue weighted by molar-refractivity contribution is -0.118. The van der Waals surface area contributed by atoms with Crippen molar-refractivity contribution in [2.45, 2.75) is 64.5 Å². The van der Waals surface area contributed by atoms with E-state index in [9.17, 15) is 4.79 Å². The topological polar surface area (TPSA) is 66.9 Å². The second kappa shape index (κ2) is 8.21. The Hall–Kier alpha value is -2.21. The van der Waals surface area contributed by atoms with Crippen molar-refractivity contribution in [2.75, 3.05) is 5.32 Å². The largest absolute Gasteiger partial charge is 0.384 e. The zero-order valence-electron chi connectivity index (χ0n) is 16.3. The van der Waals surface area contributed by atoms with E-state index in [4.69, 9.17) is 4.98 Å². The van der Waals surface area contributed by atoms with Crippen LogP contribution in [0.15, 0.2) is 36.7 Å². The van der Waals surface area contributed by atoms with Gasteiger partial charge in [0.15, 0.2) is 0 Å². The molecule has 3 heterocycles.